The molecule has 0 aromatic rings. The predicted molar refractivity (Wildman–Crippen MR) is 61.6 cm³/mol. The fourth-order valence-corrected chi connectivity index (χ4v) is 2.88. The molecule has 1 N–H and O–H groups in total. The van der Waals surface area contributed by atoms with E-state index in [-0.39, 0.29) is 0 Å². The number of rotatable bonds is 2. The van der Waals surface area contributed by atoms with Gasteiger partial charge in [0.2, 0.25) is 6.54 Å². The lowest BCUT2D eigenvalue weighted by molar-refractivity contribution is 0.184. The molecule has 2 fully saturated rings. The van der Waals surface area contributed by atoms with Crippen molar-refractivity contribution in [1.82, 2.24) is 10.2 Å². The number of nitrogens with zero attached hydrogens (tertiary/aromatic N) is 2. The van der Waals surface area contributed by atoms with Crippen molar-refractivity contribution in [2.24, 2.45) is 5.92 Å². The summed E-state index contributed by atoms with van der Waals surface area (Å²) in [5.41, 5.74) is 0. The minimum atomic E-state index is 0.539. The quantitative estimate of drug-likeness (QED) is 0.690. The molecule has 2 bridgehead atoms. The highest BCUT2D eigenvalue weighted by molar-refractivity contribution is 4.96. The van der Waals surface area contributed by atoms with Crippen LogP contribution in [0.1, 0.15) is 26.7 Å². The highest BCUT2D eigenvalue weighted by atomic mass is 15.2. The van der Waals surface area contributed by atoms with Crippen LogP contribution in [0.4, 0.5) is 0 Å². The minimum absolute atomic E-state index is 0.539. The van der Waals surface area contributed by atoms with Crippen LogP contribution < -0.4 is 5.32 Å². The summed E-state index contributed by atoms with van der Waals surface area (Å²) in [4.78, 5) is 6.13. The van der Waals surface area contributed by atoms with E-state index in [2.05, 4.69) is 28.9 Å². The van der Waals surface area contributed by atoms with E-state index in [4.69, 9.17) is 6.57 Å². The maximum atomic E-state index is 7.04. The lowest BCUT2D eigenvalue weighted by Crippen LogP contribution is -2.40. The molecule has 0 radical (unpaired) electrons. The molecule has 0 aromatic heterocycles. The molecule has 2 aliphatic heterocycles. The van der Waals surface area contributed by atoms with Crippen molar-refractivity contribution in [1.29, 1.82) is 0 Å². The van der Waals surface area contributed by atoms with Gasteiger partial charge in [0.1, 0.15) is 0 Å². The number of fused-ring (bicyclic) bond motifs is 2. The number of hydrogen-bond acceptors (Lipinski definition) is 2. The van der Waals surface area contributed by atoms with Crippen molar-refractivity contribution in [3.63, 3.8) is 0 Å². The summed E-state index contributed by atoms with van der Waals surface area (Å²) >= 11 is 0. The molecule has 0 spiro atoms. The summed E-state index contributed by atoms with van der Waals surface area (Å²) in [7, 11) is 0. The third kappa shape index (κ3) is 2.32. The second-order valence-corrected chi connectivity index (χ2v) is 5.20. The minimum Gasteiger partial charge on any atom is -0.317 e. The van der Waals surface area contributed by atoms with Crippen LogP contribution in [-0.4, -0.2) is 42.7 Å². The molecule has 3 unspecified atom stereocenters. The Morgan fingerprint density at radius 2 is 2.20 bits per heavy atom. The molecule has 2 aliphatic rings. The smallest absolute Gasteiger partial charge is 0.220 e. The van der Waals surface area contributed by atoms with Crippen LogP contribution in [0.25, 0.3) is 4.85 Å². The molecule has 2 rings (SSSR count). The number of likely N-dealkylation sites (tertiary alicyclic amines) is 1. The average molecular weight is 207 g/mol. The molecule has 15 heavy (non-hydrogen) atoms. The molecule has 2 saturated heterocycles. The van der Waals surface area contributed by atoms with Crippen LogP contribution in [-0.2, 0) is 0 Å². The highest BCUT2D eigenvalue weighted by Gasteiger charge is 2.37. The molecular weight excluding hydrogens is 186 g/mol. The molecule has 2 heterocycles. The summed E-state index contributed by atoms with van der Waals surface area (Å²) in [5.74, 6) is 0.539. The Balaban J connectivity index is 2.06. The standard InChI is InChI=1S/C12H21N3/c1-9(2)15-7-10(6-13-3)12-5-4-11(8-15)14-12/h9-12,14H,4-8H2,1-2H3. The van der Waals surface area contributed by atoms with Gasteiger partial charge in [0, 0.05) is 31.2 Å². The Labute approximate surface area is 92.7 Å². The van der Waals surface area contributed by atoms with Gasteiger partial charge in [0.25, 0.3) is 0 Å². The summed E-state index contributed by atoms with van der Waals surface area (Å²) in [6.07, 6.45) is 2.57. The first kappa shape index (κ1) is 10.9. The Morgan fingerprint density at radius 1 is 1.40 bits per heavy atom. The van der Waals surface area contributed by atoms with Crippen molar-refractivity contribution >= 4 is 0 Å². The maximum Gasteiger partial charge on any atom is 0.220 e. The normalized spacial score (nSPS) is 36.5. The monoisotopic (exact) mass is 207 g/mol. The van der Waals surface area contributed by atoms with E-state index in [1.165, 1.54) is 19.4 Å². The van der Waals surface area contributed by atoms with E-state index in [1.54, 1.807) is 0 Å². The van der Waals surface area contributed by atoms with Gasteiger partial charge in [-0.15, -0.1) is 0 Å². The summed E-state index contributed by atoms with van der Waals surface area (Å²) in [5, 5.41) is 3.69. The Morgan fingerprint density at radius 3 is 2.87 bits per heavy atom. The van der Waals surface area contributed by atoms with Gasteiger partial charge in [-0.05, 0) is 26.7 Å². The van der Waals surface area contributed by atoms with Gasteiger partial charge in [-0.25, -0.2) is 6.57 Å². The fourth-order valence-electron chi connectivity index (χ4n) is 2.88. The van der Waals surface area contributed by atoms with Crippen molar-refractivity contribution in [3.05, 3.63) is 11.4 Å². The number of hydrogen-bond donors (Lipinski definition) is 1. The second-order valence-electron chi connectivity index (χ2n) is 5.20. The SMILES string of the molecule is [C-]#[N+]CC1CN(C(C)C)CC2CCC1N2. The Hall–Kier alpha value is -0.590. The third-order valence-electron chi connectivity index (χ3n) is 3.82. The molecule has 0 aromatic carbocycles. The van der Waals surface area contributed by atoms with E-state index >= 15 is 0 Å². The molecule has 3 heteroatoms. The van der Waals surface area contributed by atoms with Crippen molar-refractivity contribution in [2.45, 2.75) is 44.8 Å². The van der Waals surface area contributed by atoms with Gasteiger partial charge in [-0.1, -0.05) is 0 Å². The van der Waals surface area contributed by atoms with Gasteiger partial charge in [-0.2, -0.15) is 0 Å². The Kier molecular flexibility index (Phi) is 3.28. The van der Waals surface area contributed by atoms with Gasteiger partial charge in [-0.3, -0.25) is 4.90 Å². The molecule has 84 valence electrons. The van der Waals surface area contributed by atoms with Crippen LogP contribution in [0.3, 0.4) is 0 Å². The zero-order valence-corrected chi connectivity index (χ0v) is 9.74. The van der Waals surface area contributed by atoms with Crippen molar-refractivity contribution in [3.8, 4) is 0 Å². The average Bonchev–Trinajstić information content (AvgIpc) is 2.54. The van der Waals surface area contributed by atoms with Gasteiger partial charge < -0.3 is 10.2 Å². The molecule has 3 nitrogen and oxygen atoms in total. The molecule has 0 aliphatic carbocycles. The van der Waals surface area contributed by atoms with Gasteiger partial charge >= 0.3 is 0 Å². The van der Waals surface area contributed by atoms with Crippen LogP contribution in [0.2, 0.25) is 0 Å². The van der Waals surface area contributed by atoms with E-state index in [0.717, 1.165) is 6.54 Å². The van der Waals surface area contributed by atoms with Crippen LogP contribution in [0.15, 0.2) is 0 Å². The number of nitrogens with one attached hydrogen (secondary N) is 1. The molecule has 3 atom stereocenters. The molecular formula is C12H21N3. The molecule has 0 saturated carbocycles. The summed E-state index contributed by atoms with van der Waals surface area (Å²) in [6, 6.07) is 1.89. The van der Waals surface area contributed by atoms with E-state index < -0.39 is 0 Å². The molecule has 0 amide bonds. The van der Waals surface area contributed by atoms with Crippen molar-refractivity contribution in [2.75, 3.05) is 19.6 Å². The van der Waals surface area contributed by atoms with Gasteiger partial charge in [0.15, 0.2) is 0 Å². The van der Waals surface area contributed by atoms with Crippen LogP contribution >= 0.6 is 0 Å². The van der Waals surface area contributed by atoms with E-state index in [9.17, 15) is 0 Å². The van der Waals surface area contributed by atoms with Crippen molar-refractivity contribution < 1.29 is 0 Å². The highest BCUT2D eigenvalue weighted by Crippen LogP contribution is 2.26. The Bertz CT molecular complexity index is 256. The summed E-state index contributed by atoms with van der Waals surface area (Å²) in [6.45, 7) is 14.5. The lowest BCUT2D eigenvalue weighted by Gasteiger charge is -2.29. The topological polar surface area (TPSA) is 19.6 Å². The second kappa shape index (κ2) is 4.51. The van der Waals surface area contributed by atoms with E-state index in [0.29, 0.717) is 30.6 Å². The fraction of sp³-hybridized carbons (Fsp3) is 0.917. The zero-order chi connectivity index (χ0) is 10.8. The van der Waals surface area contributed by atoms with Crippen LogP contribution in [0.5, 0.6) is 0 Å². The predicted octanol–water partition coefficient (Wildman–Crippen LogP) is 1.37. The van der Waals surface area contributed by atoms with Gasteiger partial charge in [0.05, 0.1) is 5.92 Å². The van der Waals surface area contributed by atoms with E-state index in [1.807, 2.05) is 0 Å². The zero-order valence-electron chi connectivity index (χ0n) is 9.74. The maximum absolute atomic E-state index is 7.04. The first-order valence-corrected chi connectivity index (χ1v) is 6.04. The first-order valence-electron chi connectivity index (χ1n) is 6.04. The van der Waals surface area contributed by atoms with Crippen LogP contribution in [0, 0.1) is 12.5 Å². The third-order valence-corrected chi connectivity index (χ3v) is 3.82. The lowest BCUT2D eigenvalue weighted by atomic mass is 9.96. The largest absolute Gasteiger partial charge is 0.317 e. The first-order chi connectivity index (χ1) is 7.20. The summed E-state index contributed by atoms with van der Waals surface area (Å²) < 4.78 is 0.